The first kappa shape index (κ1) is 42.0. The Kier molecular flexibility index (Phi) is 51.2. The van der Waals surface area contributed by atoms with Gasteiger partial charge < -0.3 is 19.7 Å². The number of ether oxygens (including phenoxy) is 2. The molecule has 0 aromatic heterocycles. The first-order valence-electron chi connectivity index (χ1n) is 15.0. The van der Waals surface area contributed by atoms with Crippen molar-refractivity contribution in [2.24, 2.45) is 0 Å². The highest BCUT2D eigenvalue weighted by Crippen LogP contribution is 2.03. The van der Waals surface area contributed by atoms with E-state index >= 15 is 0 Å². The van der Waals surface area contributed by atoms with Crippen molar-refractivity contribution in [2.45, 2.75) is 157 Å². The minimum absolute atomic E-state index is 0.0186. The van der Waals surface area contributed by atoms with Gasteiger partial charge in [-0.1, -0.05) is 106 Å². The highest BCUT2D eigenvalue weighted by Gasteiger charge is 2.01. The number of hydrogen-bond acceptors (Lipinski definition) is 6. The summed E-state index contributed by atoms with van der Waals surface area (Å²) in [7, 11) is 0. The van der Waals surface area contributed by atoms with E-state index in [9.17, 15) is 9.59 Å². The van der Waals surface area contributed by atoms with Gasteiger partial charge in [-0.25, -0.2) is 0 Å². The zero-order valence-corrected chi connectivity index (χ0v) is 25.1. The predicted octanol–water partition coefficient (Wildman–Crippen LogP) is 8.16. The lowest BCUT2D eigenvalue weighted by Gasteiger charge is -2.03. The third-order valence-electron chi connectivity index (χ3n) is 4.98. The van der Waals surface area contributed by atoms with Gasteiger partial charge in [0, 0.05) is 26.1 Å². The second-order valence-corrected chi connectivity index (χ2v) is 8.92. The summed E-state index contributed by atoms with van der Waals surface area (Å²) in [6.45, 7) is 14.5. The Morgan fingerprint density at radius 1 is 0.444 bits per heavy atom. The molecule has 0 spiro atoms. The maximum atomic E-state index is 11.1. The number of carbonyl (C=O) groups is 2. The van der Waals surface area contributed by atoms with Gasteiger partial charge in [-0.15, -0.1) is 0 Å². The molecule has 0 heterocycles. The Morgan fingerprint density at radius 3 is 1.28 bits per heavy atom. The number of aliphatic hydroxyl groups is 2. The van der Waals surface area contributed by atoms with E-state index in [-0.39, 0.29) is 11.9 Å². The lowest BCUT2D eigenvalue weighted by Crippen LogP contribution is -2.05. The summed E-state index contributed by atoms with van der Waals surface area (Å²) in [4.78, 5) is 21.8. The topological polar surface area (TPSA) is 93.1 Å². The number of esters is 2. The zero-order chi connectivity index (χ0) is 28.1. The summed E-state index contributed by atoms with van der Waals surface area (Å²) in [5.74, 6) is -0.0779. The summed E-state index contributed by atoms with van der Waals surface area (Å²) >= 11 is 0. The van der Waals surface area contributed by atoms with Crippen molar-refractivity contribution >= 4 is 11.9 Å². The van der Waals surface area contributed by atoms with E-state index in [0.717, 1.165) is 64.2 Å². The van der Waals surface area contributed by atoms with Crippen molar-refractivity contribution in [3.8, 4) is 0 Å². The van der Waals surface area contributed by atoms with Crippen LogP contribution in [0.15, 0.2) is 0 Å². The van der Waals surface area contributed by atoms with Gasteiger partial charge in [-0.05, 0) is 38.5 Å². The van der Waals surface area contributed by atoms with Crippen molar-refractivity contribution in [3.05, 3.63) is 0 Å². The van der Waals surface area contributed by atoms with Gasteiger partial charge in [0.15, 0.2) is 0 Å². The first-order chi connectivity index (χ1) is 17.4. The summed E-state index contributed by atoms with van der Waals surface area (Å²) in [6, 6.07) is 0. The van der Waals surface area contributed by atoms with Crippen LogP contribution in [0.3, 0.4) is 0 Å². The van der Waals surface area contributed by atoms with Gasteiger partial charge in [0.05, 0.1) is 13.2 Å². The molecule has 220 valence electrons. The standard InChI is InChI=1S/C12H24O2.C8H16O2.C6H14O.C4H10O/c1-3-5-7-9-11-14-12(13)10-8-6-4-2;1-3-5-7-10-8(9)6-4-2;1-2-3-4-5-6-7;1-2-3-4-5/h3-11H2,1-2H3;3-7H2,1-2H3;7H,2-6H2,1H3;5H,2-4H2,1H3. The highest BCUT2D eigenvalue weighted by atomic mass is 16.5. The van der Waals surface area contributed by atoms with E-state index in [1.54, 1.807) is 0 Å². The van der Waals surface area contributed by atoms with E-state index in [0.29, 0.717) is 39.3 Å². The summed E-state index contributed by atoms with van der Waals surface area (Å²) < 4.78 is 9.98. The molecule has 0 radical (unpaired) electrons. The Hall–Kier alpha value is -1.14. The van der Waals surface area contributed by atoms with Crippen LogP contribution in [0.2, 0.25) is 0 Å². The van der Waals surface area contributed by atoms with Crippen LogP contribution in [0.25, 0.3) is 0 Å². The van der Waals surface area contributed by atoms with Crippen molar-refractivity contribution in [2.75, 3.05) is 26.4 Å². The fourth-order valence-electron chi connectivity index (χ4n) is 2.61. The van der Waals surface area contributed by atoms with Crippen LogP contribution in [0.4, 0.5) is 0 Å². The van der Waals surface area contributed by atoms with Gasteiger partial charge in [-0.2, -0.15) is 0 Å². The molecule has 0 aliphatic rings. The van der Waals surface area contributed by atoms with E-state index in [2.05, 4.69) is 34.6 Å². The van der Waals surface area contributed by atoms with Gasteiger partial charge in [-0.3, -0.25) is 9.59 Å². The van der Waals surface area contributed by atoms with Gasteiger partial charge in [0.25, 0.3) is 0 Å². The van der Waals surface area contributed by atoms with Gasteiger partial charge in [0.1, 0.15) is 0 Å². The largest absolute Gasteiger partial charge is 0.466 e. The number of carbonyl (C=O) groups excluding carboxylic acids is 2. The molecule has 6 nitrogen and oxygen atoms in total. The van der Waals surface area contributed by atoms with E-state index in [4.69, 9.17) is 19.7 Å². The first-order valence-corrected chi connectivity index (χ1v) is 15.0. The Bertz CT molecular complexity index is 382. The van der Waals surface area contributed by atoms with Crippen molar-refractivity contribution in [1.29, 1.82) is 0 Å². The monoisotopic (exact) mass is 520 g/mol. The second kappa shape index (κ2) is 43.9. The maximum absolute atomic E-state index is 11.1. The molecular weight excluding hydrogens is 456 g/mol. The molecule has 6 heteroatoms. The van der Waals surface area contributed by atoms with Crippen molar-refractivity contribution < 1.29 is 29.3 Å². The SMILES string of the molecule is CCCCCCO.CCCCCCOC(=O)CCCCC.CCCCO.CCCCOC(=O)CCC. The minimum Gasteiger partial charge on any atom is -0.466 e. The Labute approximate surface area is 224 Å². The van der Waals surface area contributed by atoms with E-state index < -0.39 is 0 Å². The zero-order valence-electron chi connectivity index (χ0n) is 25.1. The molecule has 0 rings (SSSR count). The fourth-order valence-corrected chi connectivity index (χ4v) is 2.61. The third-order valence-corrected chi connectivity index (χ3v) is 4.98. The van der Waals surface area contributed by atoms with Crippen LogP contribution in [0, 0.1) is 0 Å². The smallest absolute Gasteiger partial charge is 0.305 e. The molecule has 0 aliphatic carbocycles. The quantitative estimate of drug-likeness (QED) is 0.124. The highest BCUT2D eigenvalue weighted by molar-refractivity contribution is 5.69. The predicted molar refractivity (Wildman–Crippen MR) is 153 cm³/mol. The average molecular weight is 521 g/mol. The van der Waals surface area contributed by atoms with E-state index in [1.165, 1.54) is 38.5 Å². The van der Waals surface area contributed by atoms with Crippen LogP contribution >= 0.6 is 0 Å². The van der Waals surface area contributed by atoms with Crippen LogP contribution in [-0.2, 0) is 19.1 Å². The van der Waals surface area contributed by atoms with Crippen LogP contribution in [0.5, 0.6) is 0 Å². The molecule has 0 unspecified atom stereocenters. The summed E-state index contributed by atoms with van der Waals surface area (Å²) in [5.41, 5.74) is 0. The molecule has 0 aromatic carbocycles. The van der Waals surface area contributed by atoms with Crippen molar-refractivity contribution in [1.82, 2.24) is 0 Å². The molecule has 36 heavy (non-hydrogen) atoms. The lowest BCUT2D eigenvalue weighted by atomic mass is 10.2. The minimum atomic E-state index is -0.0593. The average Bonchev–Trinajstić information content (AvgIpc) is 2.86. The van der Waals surface area contributed by atoms with Crippen LogP contribution in [-0.4, -0.2) is 48.6 Å². The molecule has 0 aliphatic heterocycles. The normalized spacial score (nSPS) is 9.56. The molecule has 0 atom stereocenters. The maximum Gasteiger partial charge on any atom is 0.305 e. The third kappa shape index (κ3) is 54.0. The molecule has 0 bridgehead atoms. The number of hydrogen-bond donors (Lipinski definition) is 2. The molecule has 2 N–H and O–H groups in total. The summed E-state index contributed by atoms with van der Waals surface area (Å²) in [6.07, 6.45) is 18.8. The van der Waals surface area contributed by atoms with Gasteiger partial charge >= 0.3 is 11.9 Å². The molecule has 0 amide bonds. The lowest BCUT2D eigenvalue weighted by molar-refractivity contribution is -0.144. The number of aliphatic hydroxyl groups excluding tert-OH is 2. The fraction of sp³-hybridized carbons (Fsp3) is 0.933. The molecule has 0 fully saturated rings. The van der Waals surface area contributed by atoms with Gasteiger partial charge in [0.2, 0.25) is 0 Å². The van der Waals surface area contributed by atoms with Crippen molar-refractivity contribution in [3.63, 3.8) is 0 Å². The Morgan fingerprint density at radius 2 is 0.861 bits per heavy atom. The van der Waals surface area contributed by atoms with Crippen LogP contribution < -0.4 is 0 Å². The molecule has 0 saturated heterocycles. The number of unbranched alkanes of at least 4 members (excludes halogenated alkanes) is 10. The number of rotatable bonds is 20. The molecular formula is C30H64O6. The van der Waals surface area contributed by atoms with Crippen LogP contribution in [0.1, 0.15) is 157 Å². The van der Waals surface area contributed by atoms with E-state index in [1.807, 2.05) is 6.92 Å². The molecule has 0 aromatic rings. The molecule has 0 saturated carbocycles. The Balaban J connectivity index is -0.000000204. The summed E-state index contributed by atoms with van der Waals surface area (Å²) in [5, 5.41) is 16.4. The second-order valence-electron chi connectivity index (χ2n) is 8.92.